The van der Waals surface area contributed by atoms with Crippen LogP contribution >= 0.6 is 0 Å². The van der Waals surface area contributed by atoms with Crippen molar-refractivity contribution >= 4 is 28.4 Å². The molecule has 1 N–H and O–H groups in total. The Morgan fingerprint density at radius 1 is 0.162 bits per heavy atom. The first-order chi connectivity index (χ1) is 33.7. The zero-order chi connectivity index (χ0) is 45.7. The summed E-state index contributed by atoms with van der Waals surface area (Å²) in [7, 11) is 0. The molecular formula is C66H50N2. The van der Waals surface area contributed by atoms with Crippen molar-refractivity contribution in [3.05, 3.63) is 297 Å². The van der Waals surface area contributed by atoms with Gasteiger partial charge < -0.3 is 10.2 Å². The van der Waals surface area contributed by atoms with Crippen molar-refractivity contribution in [3.63, 3.8) is 0 Å². The largest absolute Gasteiger partial charge is 0.356 e. The molecule has 0 saturated heterocycles. The highest BCUT2D eigenvalue weighted by Gasteiger charge is 2.14. The van der Waals surface area contributed by atoms with Gasteiger partial charge in [0, 0.05) is 28.4 Å². The van der Waals surface area contributed by atoms with Crippen LogP contribution in [-0.4, -0.2) is 0 Å². The van der Waals surface area contributed by atoms with Crippen LogP contribution in [0.2, 0.25) is 0 Å². The molecular weight excluding hydrogens is 821 g/mol. The zero-order valence-electron chi connectivity index (χ0n) is 37.7. The molecule has 324 valence electrons. The SMILES string of the molecule is c1ccc(-c2ccc(-c3ccc(Nc4ccc(-c5ccc(N(c6ccc(-c7ccccc7)cc6)c6ccc(-c7ccccc7)cc6)cc5)cc4)cc3)cc2)cc1.c1ccc(-c2ccccc2)cc1. The number of rotatable bonds is 11. The lowest BCUT2D eigenvalue weighted by Gasteiger charge is -2.26. The van der Waals surface area contributed by atoms with Crippen LogP contribution in [0.3, 0.4) is 0 Å². The summed E-state index contributed by atoms with van der Waals surface area (Å²) in [5, 5.41) is 3.57. The van der Waals surface area contributed by atoms with Gasteiger partial charge in [-0.25, -0.2) is 0 Å². The third-order valence-corrected chi connectivity index (χ3v) is 12.2. The first-order valence-electron chi connectivity index (χ1n) is 23.2. The molecule has 0 aliphatic carbocycles. The van der Waals surface area contributed by atoms with E-state index in [0.717, 1.165) is 28.4 Å². The molecule has 0 aliphatic heterocycles. The Kier molecular flexibility index (Phi) is 13.2. The van der Waals surface area contributed by atoms with E-state index in [0.29, 0.717) is 0 Å². The van der Waals surface area contributed by atoms with E-state index in [4.69, 9.17) is 0 Å². The van der Waals surface area contributed by atoms with Gasteiger partial charge in [0.25, 0.3) is 0 Å². The van der Waals surface area contributed by atoms with Gasteiger partial charge in [0.15, 0.2) is 0 Å². The average molecular weight is 871 g/mol. The normalized spacial score (nSPS) is 10.6. The number of hydrogen-bond acceptors (Lipinski definition) is 2. The quantitative estimate of drug-likeness (QED) is 0.139. The summed E-state index contributed by atoms with van der Waals surface area (Å²) in [6.07, 6.45) is 0. The van der Waals surface area contributed by atoms with Crippen LogP contribution in [0.25, 0.3) is 66.8 Å². The number of benzene rings is 11. The zero-order valence-corrected chi connectivity index (χ0v) is 37.7. The highest BCUT2D eigenvalue weighted by atomic mass is 15.1. The summed E-state index contributed by atoms with van der Waals surface area (Å²) >= 11 is 0. The van der Waals surface area contributed by atoms with Crippen molar-refractivity contribution < 1.29 is 0 Å². The number of hydrogen-bond donors (Lipinski definition) is 1. The molecule has 0 atom stereocenters. The summed E-state index contributed by atoms with van der Waals surface area (Å²) in [4.78, 5) is 2.32. The first kappa shape index (κ1) is 42.9. The monoisotopic (exact) mass is 870 g/mol. The lowest BCUT2D eigenvalue weighted by Crippen LogP contribution is -2.09. The van der Waals surface area contributed by atoms with E-state index in [1.807, 2.05) is 12.1 Å². The van der Waals surface area contributed by atoms with E-state index >= 15 is 0 Å². The lowest BCUT2D eigenvalue weighted by atomic mass is 10.0. The van der Waals surface area contributed by atoms with Crippen LogP contribution in [0.15, 0.2) is 297 Å². The van der Waals surface area contributed by atoms with E-state index < -0.39 is 0 Å². The minimum atomic E-state index is 1.05. The molecule has 11 rings (SSSR count). The highest BCUT2D eigenvalue weighted by molar-refractivity contribution is 5.82. The van der Waals surface area contributed by atoms with E-state index in [-0.39, 0.29) is 0 Å². The Morgan fingerprint density at radius 3 is 0.529 bits per heavy atom. The number of anilines is 5. The van der Waals surface area contributed by atoms with Gasteiger partial charge in [-0.3, -0.25) is 0 Å². The highest BCUT2D eigenvalue weighted by Crippen LogP contribution is 2.38. The molecule has 0 spiro atoms. The second kappa shape index (κ2) is 20.9. The van der Waals surface area contributed by atoms with Crippen LogP contribution < -0.4 is 10.2 Å². The molecule has 0 aromatic heterocycles. The molecule has 0 bridgehead atoms. The van der Waals surface area contributed by atoms with Gasteiger partial charge in [0.05, 0.1) is 0 Å². The first-order valence-corrected chi connectivity index (χ1v) is 23.2. The molecule has 0 amide bonds. The second-order valence-electron chi connectivity index (χ2n) is 16.7. The molecule has 0 fully saturated rings. The van der Waals surface area contributed by atoms with Gasteiger partial charge in [0.1, 0.15) is 0 Å². The van der Waals surface area contributed by atoms with Gasteiger partial charge in [-0.2, -0.15) is 0 Å². The fourth-order valence-electron chi connectivity index (χ4n) is 8.52. The Balaban J connectivity index is 0.000000390. The molecule has 0 saturated carbocycles. The van der Waals surface area contributed by atoms with Crippen molar-refractivity contribution in [1.29, 1.82) is 0 Å². The smallest absolute Gasteiger partial charge is 0.0462 e. The number of nitrogens with zero attached hydrogens (tertiary/aromatic N) is 1. The molecule has 0 radical (unpaired) electrons. The molecule has 68 heavy (non-hydrogen) atoms. The Bertz CT molecular complexity index is 3130. The van der Waals surface area contributed by atoms with Crippen molar-refractivity contribution in [1.82, 2.24) is 0 Å². The molecule has 11 aromatic carbocycles. The topological polar surface area (TPSA) is 15.3 Å². The summed E-state index contributed by atoms with van der Waals surface area (Å²) < 4.78 is 0. The molecule has 0 aliphatic rings. The van der Waals surface area contributed by atoms with Gasteiger partial charge in [-0.15, -0.1) is 0 Å². The minimum absolute atomic E-state index is 1.05. The van der Waals surface area contributed by atoms with Crippen LogP contribution in [0, 0.1) is 0 Å². The summed E-state index contributed by atoms with van der Waals surface area (Å²) in [5.41, 5.74) is 20.0. The molecule has 0 heterocycles. The van der Waals surface area contributed by atoms with Gasteiger partial charge >= 0.3 is 0 Å². The van der Waals surface area contributed by atoms with Crippen molar-refractivity contribution in [3.8, 4) is 66.8 Å². The third kappa shape index (κ3) is 10.4. The van der Waals surface area contributed by atoms with E-state index in [2.05, 4.69) is 295 Å². The summed E-state index contributed by atoms with van der Waals surface area (Å²) in [6, 6.07) is 105. The fourth-order valence-corrected chi connectivity index (χ4v) is 8.52. The fraction of sp³-hybridized carbons (Fsp3) is 0. The second-order valence-corrected chi connectivity index (χ2v) is 16.7. The third-order valence-electron chi connectivity index (χ3n) is 12.2. The van der Waals surface area contributed by atoms with Crippen LogP contribution in [-0.2, 0) is 0 Å². The van der Waals surface area contributed by atoms with Gasteiger partial charge in [0.2, 0.25) is 0 Å². The summed E-state index contributed by atoms with van der Waals surface area (Å²) in [6.45, 7) is 0. The van der Waals surface area contributed by atoms with Gasteiger partial charge in [-0.05, 0) is 127 Å². The van der Waals surface area contributed by atoms with Crippen LogP contribution in [0.4, 0.5) is 28.4 Å². The lowest BCUT2D eigenvalue weighted by molar-refractivity contribution is 1.28. The Morgan fingerprint density at radius 2 is 0.324 bits per heavy atom. The maximum atomic E-state index is 3.57. The molecule has 2 heteroatoms. The summed E-state index contributed by atoms with van der Waals surface area (Å²) in [5.74, 6) is 0. The predicted octanol–water partition coefficient (Wildman–Crippen LogP) is 18.6. The maximum absolute atomic E-state index is 3.57. The van der Waals surface area contributed by atoms with Crippen LogP contribution in [0.5, 0.6) is 0 Å². The van der Waals surface area contributed by atoms with Crippen molar-refractivity contribution in [2.45, 2.75) is 0 Å². The van der Waals surface area contributed by atoms with Crippen molar-refractivity contribution in [2.24, 2.45) is 0 Å². The predicted molar refractivity (Wildman–Crippen MR) is 290 cm³/mol. The average Bonchev–Trinajstić information content (AvgIpc) is 3.43. The van der Waals surface area contributed by atoms with E-state index in [1.165, 1.54) is 66.8 Å². The Hall–Kier alpha value is -8.98. The molecule has 11 aromatic rings. The minimum Gasteiger partial charge on any atom is -0.356 e. The van der Waals surface area contributed by atoms with Crippen LogP contribution in [0.1, 0.15) is 0 Å². The Labute approximate surface area is 400 Å². The van der Waals surface area contributed by atoms with Gasteiger partial charge in [-0.1, -0.05) is 237 Å². The van der Waals surface area contributed by atoms with E-state index in [9.17, 15) is 0 Å². The standard InChI is InChI=1S/C54H40N2.C12H10/c1-4-10-40(11-5-1)43-16-18-44(19-17-43)45-20-30-50(31-21-45)55-51-32-22-46(23-33-51)49-28-38-54(39-29-49)56(52-34-24-47(25-35-52)41-12-6-2-7-13-41)53-36-26-48(27-37-53)42-14-8-3-9-15-42;1-3-7-11(8-4-1)12-9-5-2-6-10-12/h1-39,55H;1-10H. The van der Waals surface area contributed by atoms with E-state index in [1.54, 1.807) is 0 Å². The maximum Gasteiger partial charge on any atom is 0.0462 e. The van der Waals surface area contributed by atoms with Crippen molar-refractivity contribution in [2.75, 3.05) is 10.2 Å². The number of nitrogens with one attached hydrogen (secondary N) is 1. The molecule has 0 unspecified atom stereocenters. The molecule has 2 nitrogen and oxygen atoms in total.